The van der Waals surface area contributed by atoms with Gasteiger partial charge in [0.15, 0.2) is 0 Å². The standard InChI is InChI=1S/C21H19F4N3/c22-15-7-5-13(6-8-15)16-11-28(10-14-3-1-2-4-18(14)23)12-17(16)19-9-20(21(24)25)27-26-19/h1-9,16-17,21H,10-12H2,(H,26,27)/t16-,17+/m0/s1. The van der Waals surface area contributed by atoms with E-state index in [1.165, 1.54) is 24.3 Å². The number of likely N-dealkylation sites (tertiary alicyclic amines) is 1. The van der Waals surface area contributed by atoms with Crippen molar-refractivity contribution < 1.29 is 17.6 Å². The largest absolute Gasteiger partial charge is 0.298 e. The summed E-state index contributed by atoms with van der Waals surface area (Å²) < 4.78 is 53.3. The highest BCUT2D eigenvalue weighted by atomic mass is 19.3. The van der Waals surface area contributed by atoms with Gasteiger partial charge in [-0.3, -0.25) is 10.00 Å². The van der Waals surface area contributed by atoms with Gasteiger partial charge in [-0.2, -0.15) is 5.10 Å². The molecule has 2 atom stereocenters. The predicted octanol–water partition coefficient (Wildman–Crippen LogP) is 5.01. The minimum Gasteiger partial charge on any atom is -0.298 e. The molecule has 0 amide bonds. The van der Waals surface area contributed by atoms with Crippen molar-refractivity contribution in [3.05, 3.63) is 88.7 Å². The van der Waals surface area contributed by atoms with Gasteiger partial charge in [0.05, 0.1) is 0 Å². The van der Waals surface area contributed by atoms with Gasteiger partial charge in [0, 0.05) is 42.7 Å². The number of halogens is 4. The highest BCUT2D eigenvalue weighted by Crippen LogP contribution is 2.40. The molecule has 7 heteroatoms. The quantitative estimate of drug-likeness (QED) is 0.622. The summed E-state index contributed by atoms with van der Waals surface area (Å²) in [6.07, 6.45) is -2.65. The lowest BCUT2D eigenvalue weighted by Gasteiger charge is -2.17. The predicted molar refractivity (Wildman–Crippen MR) is 97.1 cm³/mol. The number of hydrogen-bond acceptors (Lipinski definition) is 2. The molecule has 4 rings (SSSR count). The summed E-state index contributed by atoms with van der Waals surface area (Å²) in [7, 11) is 0. The van der Waals surface area contributed by atoms with E-state index in [2.05, 4.69) is 15.1 Å². The second-order valence-electron chi connectivity index (χ2n) is 7.10. The summed E-state index contributed by atoms with van der Waals surface area (Å²) >= 11 is 0. The Morgan fingerprint density at radius 3 is 2.39 bits per heavy atom. The van der Waals surface area contributed by atoms with Crippen molar-refractivity contribution in [2.75, 3.05) is 13.1 Å². The maximum atomic E-state index is 14.1. The number of H-pyrrole nitrogens is 1. The zero-order valence-corrected chi connectivity index (χ0v) is 15.0. The van der Waals surface area contributed by atoms with E-state index in [1.54, 1.807) is 30.3 Å². The lowest BCUT2D eigenvalue weighted by molar-refractivity contribution is 0.146. The van der Waals surface area contributed by atoms with Gasteiger partial charge in [0.25, 0.3) is 6.43 Å². The van der Waals surface area contributed by atoms with E-state index in [-0.39, 0.29) is 29.2 Å². The molecule has 0 aliphatic carbocycles. The average Bonchev–Trinajstić information content (AvgIpc) is 3.31. The first-order valence-electron chi connectivity index (χ1n) is 9.06. The lowest BCUT2D eigenvalue weighted by atomic mass is 9.87. The van der Waals surface area contributed by atoms with E-state index in [0.717, 1.165) is 5.56 Å². The van der Waals surface area contributed by atoms with Gasteiger partial charge >= 0.3 is 0 Å². The summed E-state index contributed by atoms with van der Waals surface area (Å²) in [5.74, 6) is -0.774. The number of nitrogens with zero attached hydrogens (tertiary/aromatic N) is 2. The fourth-order valence-electron chi connectivity index (χ4n) is 3.90. The Morgan fingerprint density at radius 2 is 1.71 bits per heavy atom. The summed E-state index contributed by atoms with van der Waals surface area (Å²) in [6.45, 7) is 1.58. The molecular weight excluding hydrogens is 370 g/mol. The molecule has 3 aromatic rings. The van der Waals surface area contributed by atoms with Crippen LogP contribution in [0, 0.1) is 11.6 Å². The van der Waals surface area contributed by atoms with E-state index >= 15 is 0 Å². The monoisotopic (exact) mass is 389 g/mol. The van der Waals surface area contributed by atoms with Crippen LogP contribution in [0.1, 0.15) is 40.8 Å². The van der Waals surface area contributed by atoms with E-state index < -0.39 is 6.43 Å². The molecule has 2 heterocycles. The summed E-state index contributed by atoms with van der Waals surface area (Å²) in [6, 6.07) is 14.2. The first-order chi connectivity index (χ1) is 13.5. The van der Waals surface area contributed by atoms with Gasteiger partial charge in [-0.25, -0.2) is 17.6 Å². The number of hydrogen-bond donors (Lipinski definition) is 1. The van der Waals surface area contributed by atoms with Crippen LogP contribution >= 0.6 is 0 Å². The summed E-state index contributed by atoms with van der Waals surface area (Å²) in [5, 5.41) is 6.44. The van der Waals surface area contributed by atoms with Crippen LogP contribution in [-0.2, 0) is 6.54 Å². The number of nitrogens with one attached hydrogen (secondary N) is 1. The molecule has 0 spiro atoms. The van der Waals surface area contributed by atoms with Crippen molar-refractivity contribution >= 4 is 0 Å². The van der Waals surface area contributed by atoms with E-state index in [0.29, 0.717) is 30.9 Å². The number of benzene rings is 2. The fraction of sp³-hybridized carbons (Fsp3) is 0.286. The molecule has 1 N–H and O–H groups in total. The second kappa shape index (κ2) is 7.75. The molecule has 0 saturated carbocycles. The van der Waals surface area contributed by atoms with E-state index in [1.807, 2.05) is 0 Å². The second-order valence-corrected chi connectivity index (χ2v) is 7.10. The molecule has 1 aliphatic heterocycles. The third kappa shape index (κ3) is 3.80. The molecule has 2 aromatic carbocycles. The van der Waals surface area contributed by atoms with Crippen LogP contribution in [0.25, 0.3) is 0 Å². The lowest BCUT2D eigenvalue weighted by Crippen LogP contribution is -2.20. The van der Waals surface area contributed by atoms with Crippen molar-refractivity contribution in [2.24, 2.45) is 0 Å². The van der Waals surface area contributed by atoms with Crippen LogP contribution in [0.5, 0.6) is 0 Å². The third-order valence-electron chi connectivity index (χ3n) is 5.29. The summed E-state index contributed by atoms with van der Waals surface area (Å²) in [5.41, 5.74) is 1.82. The molecule has 1 aromatic heterocycles. The minimum atomic E-state index is -2.65. The molecule has 0 bridgehead atoms. The Bertz CT molecular complexity index is 939. The fourth-order valence-corrected chi connectivity index (χ4v) is 3.90. The van der Waals surface area contributed by atoms with Gasteiger partial charge in [-0.1, -0.05) is 30.3 Å². The van der Waals surface area contributed by atoms with Crippen molar-refractivity contribution in [2.45, 2.75) is 24.8 Å². The smallest absolute Gasteiger partial charge is 0.282 e. The van der Waals surface area contributed by atoms with Crippen molar-refractivity contribution in [3.8, 4) is 0 Å². The van der Waals surface area contributed by atoms with E-state index in [9.17, 15) is 17.6 Å². The van der Waals surface area contributed by atoms with Gasteiger partial charge in [0.1, 0.15) is 17.3 Å². The zero-order chi connectivity index (χ0) is 19.7. The van der Waals surface area contributed by atoms with Crippen LogP contribution in [0.4, 0.5) is 17.6 Å². The Labute approximate surface area is 160 Å². The van der Waals surface area contributed by atoms with Crippen LogP contribution in [0.3, 0.4) is 0 Å². The van der Waals surface area contributed by atoms with Crippen molar-refractivity contribution in [1.82, 2.24) is 15.1 Å². The Morgan fingerprint density at radius 1 is 1.00 bits per heavy atom. The van der Waals surface area contributed by atoms with E-state index in [4.69, 9.17) is 0 Å². The normalized spacial score (nSPS) is 20.2. The van der Waals surface area contributed by atoms with Crippen LogP contribution < -0.4 is 0 Å². The maximum absolute atomic E-state index is 14.1. The third-order valence-corrected chi connectivity index (χ3v) is 5.29. The minimum absolute atomic E-state index is 0.0432. The Kier molecular flexibility index (Phi) is 5.17. The van der Waals surface area contributed by atoms with Gasteiger partial charge < -0.3 is 0 Å². The molecular formula is C21H19F4N3. The highest BCUT2D eigenvalue weighted by molar-refractivity contribution is 5.30. The average molecular weight is 389 g/mol. The van der Waals surface area contributed by atoms with Gasteiger partial charge in [-0.05, 0) is 29.8 Å². The number of aromatic nitrogens is 2. The SMILES string of the molecule is Fc1ccc([C@@H]2CN(Cc3ccccc3F)C[C@H]2c2cc(C(F)F)n[nH]2)cc1. The molecule has 1 aliphatic rings. The molecule has 3 nitrogen and oxygen atoms in total. The number of aromatic amines is 1. The van der Waals surface area contributed by atoms with Gasteiger partial charge in [0.2, 0.25) is 0 Å². The first kappa shape index (κ1) is 18.7. The molecule has 146 valence electrons. The maximum Gasteiger partial charge on any atom is 0.282 e. The Balaban J connectivity index is 1.62. The number of alkyl halides is 2. The molecule has 1 fully saturated rings. The number of rotatable bonds is 5. The van der Waals surface area contributed by atoms with Crippen LogP contribution in [0.15, 0.2) is 54.6 Å². The molecule has 0 radical (unpaired) electrons. The van der Waals surface area contributed by atoms with Crippen molar-refractivity contribution in [1.29, 1.82) is 0 Å². The van der Waals surface area contributed by atoms with Gasteiger partial charge in [-0.15, -0.1) is 0 Å². The van der Waals surface area contributed by atoms with Crippen LogP contribution in [0.2, 0.25) is 0 Å². The Hall–Kier alpha value is -2.67. The highest BCUT2D eigenvalue weighted by Gasteiger charge is 2.36. The molecule has 1 saturated heterocycles. The zero-order valence-electron chi connectivity index (χ0n) is 15.0. The first-order valence-corrected chi connectivity index (χ1v) is 9.06. The molecule has 28 heavy (non-hydrogen) atoms. The van der Waals surface area contributed by atoms with Crippen molar-refractivity contribution in [3.63, 3.8) is 0 Å². The van der Waals surface area contributed by atoms with Crippen LogP contribution in [-0.4, -0.2) is 28.2 Å². The topological polar surface area (TPSA) is 31.9 Å². The molecule has 0 unspecified atom stereocenters. The summed E-state index contributed by atoms with van der Waals surface area (Å²) in [4.78, 5) is 2.08.